The van der Waals surface area contributed by atoms with E-state index in [4.69, 9.17) is 9.47 Å². The van der Waals surface area contributed by atoms with Crippen LogP contribution in [-0.2, 0) is 13.1 Å². The summed E-state index contributed by atoms with van der Waals surface area (Å²) in [7, 11) is 3.48. The first-order chi connectivity index (χ1) is 20.3. The molecule has 0 atom stereocenters. The van der Waals surface area contributed by atoms with Crippen LogP contribution >= 0.6 is 12.4 Å². The zero-order valence-corrected chi connectivity index (χ0v) is 27.5. The van der Waals surface area contributed by atoms with E-state index in [9.17, 15) is 0 Å². The Morgan fingerprint density at radius 1 is 0.405 bits per heavy atom. The van der Waals surface area contributed by atoms with Crippen LogP contribution in [0.2, 0.25) is 0 Å². The molecule has 0 spiro atoms. The lowest BCUT2D eigenvalue weighted by Crippen LogP contribution is -2.18. The van der Waals surface area contributed by atoms with Crippen molar-refractivity contribution in [2.45, 2.75) is 96.6 Å². The van der Waals surface area contributed by atoms with Crippen molar-refractivity contribution in [2.24, 2.45) is 0 Å². The van der Waals surface area contributed by atoms with Crippen molar-refractivity contribution in [3.63, 3.8) is 0 Å². The van der Waals surface area contributed by atoms with E-state index >= 15 is 0 Å². The maximum atomic E-state index is 5.41. The molecular weight excluding hydrogens is 544 g/mol. The fourth-order valence-electron chi connectivity index (χ4n) is 5.13. The molecule has 7 heteroatoms. The Morgan fingerprint density at radius 2 is 0.690 bits per heavy atom. The molecule has 2 aromatic carbocycles. The van der Waals surface area contributed by atoms with Gasteiger partial charge in [0.2, 0.25) is 0 Å². The quantitative estimate of drug-likeness (QED) is 0.0767. The van der Waals surface area contributed by atoms with Crippen molar-refractivity contribution in [1.82, 2.24) is 21.3 Å². The fraction of sp³-hybridized carbons (Fsp3) is 0.657. The average molecular weight is 605 g/mol. The molecule has 240 valence electrons. The Morgan fingerprint density at radius 3 is 1.02 bits per heavy atom. The van der Waals surface area contributed by atoms with Crippen LogP contribution in [0.15, 0.2) is 48.5 Å². The van der Waals surface area contributed by atoms with Crippen molar-refractivity contribution in [3.8, 4) is 11.5 Å². The van der Waals surface area contributed by atoms with Gasteiger partial charge < -0.3 is 30.7 Å². The van der Waals surface area contributed by atoms with E-state index in [1.165, 1.54) is 108 Å². The second-order valence-electron chi connectivity index (χ2n) is 11.1. The molecule has 0 fully saturated rings. The van der Waals surface area contributed by atoms with Gasteiger partial charge in [0.1, 0.15) is 11.5 Å². The first-order valence-electron chi connectivity index (χ1n) is 16.4. The van der Waals surface area contributed by atoms with Gasteiger partial charge in [0.05, 0.1) is 14.2 Å². The number of benzene rings is 2. The second-order valence-corrected chi connectivity index (χ2v) is 11.1. The number of methoxy groups -OCH3 is 2. The Bertz CT molecular complexity index is 801. The van der Waals surface area contributed by atoms with Gasteiger partial charge in [-0.25, -0.2) is 0 Å². The number of halogens is 1. The normalized spacial score (nSPS) is 10.9. The molecular formula is C35H61ClN4O2. The molecule has 0 aliphatic rings. The van der Waals surface area contributed by atoms with Crippen LogP contribution in [0, 0.1) is 0 Å². The lowest BCUT2D eigenvalue weighted by Gasteiger charge is -2.09. The van der Waals surface area contributed by atoms with Gasteiger partial charge in [-0.05, 0) is 89.9 Å². The lowest BCUT2D eigenvalue weighted by atomic mass is 10.1. The van der Waals surface area contributed by atoms with Gasteiger partial charge in [-0.15, -0.1) is 12.4 Å². The lowest BCUT2D eigenvalue weighted by molar-refractivity contribution is 0.407. The molecule has 0 amide bonds. The third kappa shape index (κ3) is 19.4. The van der Waals surface area contributed by atoms with Crippen molar-refractivity contribution in [2.75, 3.05) is 53.5 Å². The molecule has 0 aromatic heterocycles. The van der Waals surface area contributed by atoms with Crippen LogP contribution in [0.25, 0.3) is 0 Å². The Balaban J connectivity index is 0.00000882. The molecule has 2 aromatic rings. The summed E-state index contributed by atoms with van der Waals surface area (Å²) >= 11 is 0. The summed E-state index contributed by atoms with van der Waals surface area (Å²) in [6.45, 7) is 8.60. The highest BCUT2D eigenvalue weighted by molar-refractivity contribution is 5.85. The highest BCUT2D eigenvalue weighted by atomic mass is 35.5. The van der Waals surface area contributed by atoms with Crippen LogP contribution in [0.5, 0.6) is 11.5 Å². The van der Waals surface area contributed by atoms with E-state index < -0.39 is 0 Å². The molecule has 0 saturated heterocycles. The van der Waals surface area contributed by atoms with Gasteiger partial charge >= 0.3 is 0 Å². The van der Waals surface area contributed by atoms with Gasteiger partial charge in [-0.1, -0.05) is 81.3 Å². The number of hydrogen-bond acceptors (Lipinski definition) is 6. The van der Waals surface area contributed by atoms with Crippen molar-refractivity contribution >= 4 is 12.4 Å². The fourth-order valence-corrected chi connectivity index (χ4v) is 5.13. The largest absolute Gasteiger partial charge is 0.496 e. The number of hydrogen-bond donors (Lipinski definition) is 4. The maximum Gasteiger partial charge on any atom is 0.123 e. The van der Waals surface area contributed by atoms with Crippen molar-refractivity contribution < 1.29 is 9.47 Å². The third-order valence-corrected chi connectivity index (χ3v) is 7.64. The Kier molecular flexibility index (Phi) is 25.4. The highest BCUT2D eigenvalue weighted by Crippen LogP contribution is 2.17. The Labute approximate surface area is 263 Å². The SMILES string of the molecule is COc1ccccc1CNCCCCCCNCCCCCCCNCCCCCCNCc1ccccc1OC.Cl. The summed E-state index contributed by atoms with van der Waals surface area (Å²) in [5, 5.41) is 14.3. The van der Waals surface area contributed by atoms with Crippen LogP contribution < -0.4 is 30.7 Å². The maximum absolute atomic E-state index is 5.41. The van der Waals surface area contributed by atoms with Crippen LogP contribution in [-0.4, -0.2) is 53.5 Å². The average Bonchev–Trinajstić information content (AvgIpc) is 3.01. The zero-order valence-electron chi connectivity index (χ0n) is 26.7. The Hall–Kier alpha value is -1.83. The summed E-state index contributed by atoms with van der Waals surface area (Å²) in [6, 6.07) is 16.5. The molecule has 0 heterocycles. The molecule has 4 N–H and O–H groups in total. The molecule has 0 aliphatic carbocycles. The minimum absolute atomic E-state index is 0. The van der Waals surface area contributed by atoms with Gasteiger partial charge in [0.15, 0.2) is 0 Å². The van der Waals surface area contributed by atoms with Crippen LogP contribution in [0.1, 0.15) is 94.6 Å². The molecule has 6 nitrogen and oxygen atoms in total. The van der Waals surface area contributed by atoms with E-state index in [0.717, 1.165) is 50.8 Å². The minimum atomic E-state index is 0. The van der Waals surface area contributed by atoms with E-state index in [2.05, 4.69) is 45.5 Å². The predicted molar refractivity (Wildman–Crippen MR) is 182 cm³/mol. The van der Waals surface area contributed by atoms with E-state index in [1.54, 1.807) is 14.2 Å². The topological polar surface area (TPSA) is 66.6 Å². The van der Waals surface area contributed by atoms with Gasteiger partial charge in [-0.2, -0.15) is 0 Å². The summed E-state index contributed by atoms with van der Waals surface area (Å²) in [4.78, 5) is 0. The number of ether oxygens (including phenoxy) is 2. The van der Waals surface area contributed by atoms with Crippen LogP contribution in [0.4, 0.5) is 0 Å². The minimum Gasteiger partial charge on any atom is -0.496 e. The third-order valence-electron chi connectivity index (χ3n) is 7.64. The summed E-state index contributed by atoms with van der Waals surface area (Å²) in [5.74, 6) is 1.95. The number of rotatable bonds is 28. The highest BCUT2D eigenvalue weighted by Gasteiger charge is 2.01. The summed E-state index contributed by atoms with van der Waals surface area (Å²) < 4.78 is 10.8. The molecule has 0 bridgehead atoms. The molecule has 0 aliphatic heterocycles. The van der Waals surface area contributed by atoms with Gasteiger partial charge in [-0.3, -0.25) is 0 Å². The van der Waals surface area contributed by atoms with E-state index in [1.807, 2.05) is 24.3 Å². The first kappa shape index (κ1) is 38.2. The van der Waals surface area contributed by atoms with E-state index in [-0.39, 0.29) is 12.4 Å². The number of unbranched alkanes of at least 4 members (excludes halogenated alkanes) is 10. The standard InChI is InChI=1S/C35H60N4O2.ClH/c1-40-34-22-12-10-20-32(34)30-38-28-18-8-6-16-26-36-24-14-4-3-5-15-25-37-27-17-7-9-19-29-39-31-33-21-11-13-23-35(33)41-2;/h10-13,20-23,36-39H,3-9,14-19,24-31H2,1-2H3;1H. The van der Waals surface area contributed by atoms with Crippen molar-refractivity contribution in [1.29, 1.82) is 0 Å². The molecule has 0 saturated carbocycles. The predicted octanol–water partition coefficient (Wildman–Crippen LogP) is 7.26. The van der Waals surface area contributed by atoms with Crippen molar-refractivity contribution in [3.05, 3.63) is 59.7 Å². The summed E-state index contributed by atoms with van der Waals surface area (Å²) in [5.41, 5.74) is 2.47. The molecule has 2 rings (SSSR count). The van der Waals surface area contributed by atoms with Gasteiger partial charge in [0, 0.05) is 24.2 Å². The number of para-hydroxylation sites is 2. The number of nitrogens with one attached hydrogen (secondary N) is 4. The molecule has 0 radical (unpaired) electrons. The zero-order chi connectivity index (χ0) is 29.1. The first-order valence-corrected chi connectivity index (χ1v) is 16.4. The second kappa shape index (κ2) is 28.0. The molecule has 42 heavy (non-hydrogen) atoms. The molecule has 0 unspecified atom stereocenters. The van der Waals surface area contributed by atoms with E-state index in [0.29, 0.717) is 0 Å². The monoisotopic (exact) mass is 604 g/mol. The summed E-state index contributed by atoms with van der Waals surface area (Å²) in [6.07, 6.45) is 17.0. The van der Waals surface area contributed by atoms with Crippen LogP contribution in [0.3, 0.4) is 0 Å². The smallest absolute Gasteiger partial charge is 0.123 e. The van der Waals surface area contributed by atoms with Gasteiger partial charge in [0.25, 0.3) is 0 Å².